The van der Waals surface area contributed by atoms with Crippen molar-refractivity contribution < 1.29 is 24.5 Å². The van der Waals surface area contributed by atoms with Crippen molar-refractivity contribution in [3.8, 4) is 5.75 Å². The van der Waals surface area contributed by atoms with Crippen LogP contribution in [-0.2, 0) is 11.2 Å². The minimum Gasteiger partial charge on any atom is -0.494 e. The van der Waals surface area contributed by atoms with Crippen LogP contribution < -0.4 is 4.74 Å². The maximum absolute atomic E-state index is 12.3. The third-order valence-corrected chi connectivity index (χ3v) is 7.58. The van der Waals surface area contributed by atoms with Crippen LogP contribution in [0.2, 0.25) is 0 Å². The van der Waals surface area contributed by atoms with Gasteiger partial charge in [-0.1, -0.05) is 96.1 Å². The molecule has 2 unspecified atom stereocenters. The lowest BCUT2D eigenvalue weighted by atomic mass is 9.83. The summed E-state index contributed by atoms with van der Waals surface area (Å²) in [4.78, 5) is 29.5. The Morgan fingerprint density at radius 3 is 1.97 bits per heavy atom. The number of unbranched alkanes of at least 4 members (excludes halogenated alkanes) is 12. The molecule has 2 rings (SSSR count). The van der Waals surface area contributed by atoms with E-state index in [2.05, 4.69) is 11.9 Å². The van der Waals surface area contributed by atoms with Crippen molar-refractivity contribution in [1.29, 1.82) is 0 Å². The summed E-state index contributed by atoms with van der Waals surface area (Å²) in [7, 11) is 0. The molecule has 0 fully saturated rings. The van der Waals surface area contributed by atoms with Crippen LogP contribution in [0.4, 0.5) is 4.79 Å². The van der Waals surface area contributed by atoms with E-state index in [4.69, 9.17) is 17.0 Å². The van der Waals surface area contributed by atoms with E-state index in [1.807, 2.05) is 19.1 Å². The Morgan fingerprint density at radius 2 is 1.47 bits per heavy atom. The largest absolute Gasteiger partial charge is 0.494 e. The average molecular weight is 547 g/mol. The zero-order valence-corrected chi connectivity index (χ0v) is 24.2. The first-order chi connectivity index (χ1) is 18.3. The van der Waals surface area contributed by atoms with E-state index in [9.17, 15) is 19.8 Å². The molecule has 1 aliphatic heterocycles. The highest BCUT2D eigenvalue weighted by atomic mass is 32.1. The number of aliphatic imine (C=N–C) groups is 1. The molecule has 0 aromatic heterocycles. The number of aliphatic carboxylic acids is 1. The molecule has 38 heavy (non-hydrogen) atoms. The second kappa shape index (κ2) is 17.2. The lowest BCUT2D eigenvalue weighted by Gasteiger charge is -2.38. The summed E-state index contributed by atoms with van der Waals surface area (Å²) in [5, 5.41) is 19.9. The third kappa shape index (κ3) is 9.37. The Bertz CT molecular complexity index is 949. The lowest BCUT2D eigenvalue weighted by Crippen LogP contribution is -2.49. The van der Waals surface area contributed by atoms with Crippen LogP contribution in [0.3, 0.4) is 0 Å². The number of nitrogens with zero attached hydrogens (tertiary/aromatic N) is 2. The second-order valence-corrected chi connectivity index (χ2v) is 10.6. The zero-order valence-electron chi connectivity index (χ0n) is 23.4. The van der Waals surface area contributed by atoms with Gasteiger partial charge >= 0.3 is 12.1 Å². The van der Waals surface area contributed by atoms with Crippen LogP contribution in [-0.4, -0.2) is 44.6 Å². The third-order valence-electron chi connectivity index (χ3n) is 7.30. The highest BCUT2D eigenvalue weighted by Crippen LogP contribution is 2.41. The van der Waals surface area contributed by atoms with Crippen LogP contribution in [0.15, 0.2) is 23.2 Å². The standard InChI is InChI=1S/C30H46N2O5S/c1-4-6-7-8-9-10-11-12-13-14-15-16-17-19-23-20-18-21-24(37-5-2)26(23)27-25(28(33)34)22(3)31-29(38)32(27)30(35)36/h18,20-21,25,27H,4-17,19H2,1-3H3,(H,33,34)(H,35,36). The predicted molar refractivity (Wildman–Crippen MR) is 156 cm³/mol. The number of amides is 1. The summed E-state index contributed by atoms with van der Waals surface area (Å²) in [6, 6.07) is 4.57. The number of benzene rings is 1. The van der Waals surface area contributed by atoms with Crippen molar-refractivity contribution in [2.24, 2.45) is 10.9 Å². The molecule has 2 N–H and O–H groups in total. The zero-order chi connectivity index (χ0) is 27.9. The molecule has 1 aromatic rings. The topological polar surface area (TPSA) is 99.4 Å². The summed E-state index contributed by atoms with van der Waals surface area (Å²) in [6.45, 7) is 6.07. The highest BCUT2D eigenvalue weighted by molar-refractivity contribution is 7.80. The molecule has 0 bridgehead atoms. The fourth-order valence-corrected chi connectivity index (χ4v) is 5.67. The first-order valence-corrected chi connectivity index (χ1v) is 14.8. The van der Waals surface area contributed by atoms with Gasteiger partial charge in [-0.2, -0.15) is 0 Å². The number of hydrogen-bond donors (Lipinski definition) is 2. The van der Waals surface area contributed by atoms with Crippen molar-refractivity contribution in [2.75, 3.05) is 6.61 Å². The molecule has 8 heteroatoms. The minimum atomic E-state index is -1.32. The van der Waals surface area contributed by atoms with Gasteiger partial charge in [-0.3, -0.25) is 4.79 Å². The van der Waals surface area contributed by atoms with E-state index in [-0.39, 0.29) is 5.11 Å². The first-order valence-electron chi connectivity index (χ1n) is 14.4. The van der Waals surface area contributed by atoms with Crippen LogP contribution in [0.1, 0.15) is 121 Å². The summed E-state index contributed by atoms with van der Waals surface area (Å²) >= 11 is 5.27. The maximum Gasteiger partial charge on any atom is 0.414 e. The van der Waals surface area contributed by atoms with Crippen LogP contribution >= 0.6 is 12.2 Å². The molecule has 0 spiro atoms. The molecule has 0 radical (unpaired) electrons. The van der Waals surface area contributed by atoms with Crippen molar-refractivity contribution in [1.82, 2.24) is 4.90 Å². The predicted octanol–water partition coefficient (Wildman–Crippen LogP) is 8.20. The molecule has 2 atom stereocenters. The fraction of sp³-hybridized carbons (Fsp3) is 0.667. The normalized spacial score (nSPS) is 17.4. The molecular formula is C30H46N2O5S. The number of ether oxygens (including phenoxy) is 1. The van der Waals surface area contributed by atoms with Gasteiger partial charge in [0.15, 0.2) is 0 Å². The van der Waals surface area contributed by atoms with Gasteiger partial charge in [-0.25, -0.2) is 14.7 Å². The fourth-order valence-electron chi connectivity index (χ4n) is 5.34. The highest BCUT2D eigenvalue weighted by Gasteiger charge is 2.45. The Labute approximate surface area is 233 Å². The second-order valence-electron chi connectivity index (χ2n) is 10.2. The van der Waals surface area contributed by atoms with Gasteiger partial charge in [0.1, 0.15) is 11.7 Å². The smallest absolute Gasteiger partial charge is 0.414 e. The van der Waals surface area contributed by atoms with Crippen molar-refractivity contribution >= 4 is 35.1 Å². The number of carbonyl (C=O) groups is 2. The summed E-state index contributed by atoms with van der Waals surface area (Å²) in [5.74, 6) is -1.78. The molecule has 1 aliphatic rings. The molecule has 7 nitrogen and oxygen atoms in total. The molecule has 1 aromatic carbocycles. The van der Waals surface area contributed by atoms with Crippen molar-refractivity contribution in [3.05, 3.63) is 29.3 Å². The number of hydrogen-bond acceptors (Lipinski definition) is 4. The van der Waals surface area contributed by atoms with Gasteiger partial charge in [0.05, 0.1) is 12.6 Å². The maximum atomic E-state index is 12.3. The molecule has 1 amide bonds. The van der Waals surface area contributed by atoms with Gasteiger partial charge in [-0.05, 0) is 50.5 Å². The number of carboxylic acid groups (broad SMARTS) is 2. The van der Waals surface area contributed by atoms with Crippen LogP contribution in [0.5, 0.6) is 5.75 Å². The van der Waals surface area contributed by atoms with Gasteiger partial charge in [0.2, 0.25) is 5.11 Å². The van der Waals surface area contributed by atoms with E-state index in [0.717, 1.165) is 29.7 Å². The summed E-state index contributed by atoms with van der Waals surface area (Å²) in [6.07, 6.45) is 15.8. The van der Waals surface area contributed by atoms with Gasteiger partial charge in [-0.15, -0.1) is 0 Å². The Kier molecular flexibility index (Phi) is 14.3. The molecule has 0 aliphatic carbocycles. The van der Waals surface area contributed by atoms with E-state index in [0.29, 0.717) is 30.1 Å². The van der Waals surface area contributed by atoms with E-state index < -0.39 is 24.0 Å². The van der Waals surface area contributed by atoms with Crippen LogP contribution in [0, 0.1) is 5.92 Å². The molecule has 212 valence electrons. The van der Waals surface area contributed by atoms with E-state index in [1.54, 1.807) is 13.0 Å². The average Bonchev–Trinajstić information content (AvgIpc) is 2.86. The van der Waals surface area contributed by atoms with Gasteiger partial charge in [0, 0.05) is 11.3 Å². The Hall–Kier alpha value is -2.48. The summed E-state index contributed by atoms with van der Waals surface area (Å²) in [5.41, 5.74) is 1.78. The lowest BCUT2D eigenvalue weighted by molar-refractivity contribution is -0.140. The molecule has 0 saturated carbocycles. The molecular weight excluding hydrogens is 500 g/mol. The minimum absolute atomic E-state index is 0.143. The van der Waals surface area contributed by atoms with Gasteiger partial charge < -0.3 is 14.9 Å². The molecule has 1 heterocycles. The van der Waals surface area contributed by atoms with Crippen molar-refractivity contribution in [3.63, 3.8) is 0 Å². The quantitative estimate of drug-likeness (QED) is 0.142. The number of rotatable bonds is 18. The SMILES string of the molecule is CCCCCCCCCCCCCCCc1cccc(OCC)c1C1C(C(=O)O)C(C)=NC(=S)N1C(=O)O. The number of aryl methyl sites for hydroxylation is 1. The van der Waals surface area contributed by atoms with Gasteiger partial charge in [0.25, 0.3) is 0 Å². The Morgan fingerprint density at radius 1 is 0.921 bits per heavy atom. The van der Waals surface area contributed by atoms with E-state index >= 15 is 0 Å². The Balaban J connectivity index is 2.02. The number of thiocarbonyl (C=S) groups is 1. The van der Waals surface area contributed by atoms with Crippen molar-refractivity contribution in [2.45, 2.75) is 117 Å². The van der Waals surface area contributed by atoms with E-state index in [1.165, 1.54) is 64.2 Å². The van der Waals surface area contributed by atoms with Crippen LogP contribution in [0.25, 0.3) is 0 Å². The monoisotopic (exact) mass is 546 g/mol. The molecule has 0 saturated heterocycles. The first kappa shape index (κ1) is 31.7. The number of carboxylic acids is 1. The summed E-state index contributed by atoms with van der Waals surface area (Å²) < 4.78 is 5.88.